The molecule has 11 atom stereocenters. The molecule has 4 aliphatic rings. The number of phenolic OH excluding ortho intramolecular Hbond substituents is 3. The zero-order valence-electron chi connectivity index (χ0n) is 29.2. The van der Waals surface area contributed by atoms with Crippen LogP contribution < -0.4 is 0 Å². The molecule has 6 N–H and O–H groups in total. The van der Waals surface area contributed by atoms with Gasteiger partial charge in [-0.05, 0) is 40.4 Å². The molecule has 278 valence electrons. The summed E-state index contributed by atoms with van der Waals surface area (Å²) in [5.41, 5.74) is -4.13. The number of aliphatic hydroxyl groups is 3. The fourth-order valence-electron chi connectivity index (χ4n) is 8.06. The topological polar surface area (TPSA) is 222 Å². The molecule has 0 aromatic heterocycles. The van der Waals surface area contributed by atoms with Crippen molar-refractivity contribution >= 4 is 17.5 Å². The first kappa shape index (κ1) is 37.1. The van der Waals surface area contributed by atoms with Crippen LogP contribution in [0.4, 0.5) is 0 Å². The van der Waals surface area contributed by atoms with Crippen molar-refractivity contribution in [3.05, 3.63) is 51.6 Å². The lowest BCUT2D eigenvalue weighted by atomic mass is 9.66. The number of rotatable bonds is 7. The number of phenols is 3. The van der Waals surface area contributed by atoms with Gasteiger partial charge in [-0.15, -0.1) is 0 Å². The van der Waals surface area contributed by atoms with Gasteiger partial charge < -0.3 is 59.2 Å². The van der Waals surface area contributed by atoms with Gasteiger partial charge in [0, 0.05) is 42.0 Å². The Morgan fingerprint density at radius 3 is 2.18 bits per heavy atom. The summed E-state index contributed by atoms with van der Waals surface area (Å²) in [7, 11) is 4.76. The number of hydrogen-bond acceptors (Lipinski definition) is 15. The van der Waals surface area contributed by atoms with Crippen LogP contribution in [0, 0.1) is 0 Å². The molecule has 2 heterocycles. The molecule has 0 spiro atoms. The molecule has 0 radical (unpaired) electrons. The Labute approximate surface area is 294 Å². The van der Waals surface area contributed by atoms with Gasteiger partial charge in [0.05, 0.1) is 53.8 Å². The average molecular weight is 716 g/mol. The quantitative estimate of drug-likeness (QED) is 0.152. The molecule has 15 heteroatoms. The minimum absolute atomic E-state index is 0.0363. The smallest absolute Gasteiger partial charge is 0.316 e. The molecule has 2 saturated heterocycles. The van der Waals surface area contributed by atoms with Crippen molar-refractivity contribution in [1.29, 1.82) is 0 Å². The SMILES string of the molecule is CC[C@@]1(O)C[C@H](O[C@H]2C[C@H](N(C)C)[C@H](O[C@H]3C[C@H](O)[C@H](O)[C@H](C)O3)[C@H](C)O2)c2c(O)c3c(c(O)c2C1C(=O)OC)C(=O)c1cccc(O)c1C3=O. The number of ketones is 2. The van der Waals surface area contributed by atoms with Gasteiger partial charge in [-0.25, -0.2) is 0 Å². The summed E-state index contributed by atoms with van der Waals surface area (Å²) in [5, 5.41) is 66.7. The molecule has 2 aliphatic carbocycles. The number of fused-ring (bicyclic) bond motifs is 3. The minimum Gasteiger partial charge on any atom is -0.507 e. The lowest BCUT2D eigenvalue weighted by Gasteiger charge is -2.48. The fraction of sp³-hybridized carbons (Fsp3) is 0.583. The zero-order chi connectivity index (χ0) is 37.3. The first-order chi connectivity index (χ1) is 24.0. The van der Waals surface area contributed by atoms with Crippen molar-refractivity contribution in [2.24, 2.45) is 0 Å². The van der Waals surface area contributed by atoms with Crippen LogP contribution in [0.15, 0.2) is 18.2 Å². The lowest BCUT2D eigenvalue weighted by Crippen LogP contribution is -2.57. The Morgan fingerprint density at radius 2 is 1.55 bits per heavy atom. The van der Waals surface area contributed by atoms with Crippen molar-refractivity contribution in [3.63, 3.8) is 0 Å². The maximum Gasteiger partial charge on any atom is 0.316 e. The van der Waals surface area contributed by atoms with Crippen molar-refractivity contribution in [3.8, 4) is 17.2 Å². The van der Waals surface area contributed by atoms with E-state index in [1.54, 1.807) is 20.8 Å². The van der Waals surface area contributed by atoms with E-state index in [0.29, 0.717) is 0 Å². The molecule has 6 rings (SSSR count). The number of ether oxygens (including phenoxy) is 5. The second-order valence-electron chi connectivity index (χ2n) is 14.1. The molecule has 0 amide bonds. The van der Waals surface area contributed by atoms with E-state index in [-0.39, 0.29) is 54.0 Å². The molecule has 2 aromatic carbocycles. The normalized spacial score (nSPS) is 34.9. The highest BCUT2D eigenvalue weighted by Gasteiger charge is 2.55. The van der Waals surface area contributed by atoms with Crippen LogP contribution in [-0.2, 0) is 28.5 Å². The summed E-state index contributed by atoms with van der Waals surface area (Å²) in [6.45, 7) is 5.01. The molecule has 0 bridgehead atoms. The number of nitrogens with zero attached hydrogens (tertiary/aromatic N) is 1. The van der Waals surface area contributed by atoms with Gasteiger partial charge in [0.2, 0.25) is 5.78 Å². The standard InChI is InChI=1S/C36H45NO14/c1-7-36(46)13-20(50-21-11-17(37(4)5)34(15(3)49-21)51-22-12-19(39)29(40)14(2)48-22)24-25(28(36)35(45)47-6)33(44)26-27(32(24)43)31(42)23-16(30(26)41)9-8-10-18(23)38/h8-10,14-15,17,19-22,28-29,34,38-40,43-44,46H,7,11-13H2,1-6H3/t14-,15-,17-,19-,20-,21-,22-,28?,29+,34+,36+/m0/s1. The Kier molecular flexibility index (Phi) is 9.97. The summed E-state index contributed by atoms with van der Waals surface area (Å²) >= 11 is 0. The van der Waals surface area contributed by atoms with E-state index in [4.69, 9.17) is 23.7 Å². The Bertz CT molecular complexity index is 1720. The van der Waals surface area contributed by atoms with Crippen LogP contribution in [0.25, 0.3) is 0 Å². The highest BCUT2D eigenvalue weighted by atomic mass is 16.7. The molecule has 0 saturated carbocycles. The number of carbonyl (C=O) groups excluding carboxylic acids is 3. The number of aliphatic hydroxyl groups excluding tert-OH is 2. The summed E-state index contributed by atoms with van der Waals surface area (Å²) < 4.78 is 29.9. The number of methoxy groups -OCH3 is 1. The first-order valence-electron chi connectivity index (χ1n) is 17.0. The molecule has 2 aliphatic heterocycles. The van der Waals surface area contributed by atoms with E-state index in [2.05, 4.69) is 0 Å². The second-order valence-corrected chi connectivity index (χ2v) is 14.1. The van der Waals surface area contributed by atoms with Crippen molar-refractivity contribution in [2.75, 3.05) is 21.2 Å². The predicted octanol–water partition coefficient (Wildman–Crippen LogP) is 1.74. The summed E-state index contributed by atoms with van der Waals surface area (Å²) in [6, 6.07) is 3.51. The van der Waals surface area contributed by atoms with E-state index in [0.717, 1.165) is 7.11 Å². The molecule has 51 heavy (non-hydrogen) atoms. The molecule has 15 nitrogen and oxygen atoms in total. The van der Waals surface area contributed by atoms with Gasteiger partial charge in [-0.2, -0.15) is 0 Å². The van der Waals surface area contributed by atoms with Gasteiger partial charge in [-0.3, -0.25) is 14.4 Å². The van der Waals surface area contributed by atoms with Crippen molar-refractivity contribution in [1.82, 2.24) is 4.90 Å². The third kappa shape index (κ3) is 6.08. The fourth-order valence-corrected chi connectivity index (χ4v) is 8.06. The van der Waals surface area contributed by atoms with Crippen molar-refractivity contribution < 1.29 is 68.7 Å². The highest BCUT2D eigenvalue weighted by Crippen LogP contribution is 2.57. The summed E-state index contributed by atoms with van der Waals surface area (Å²) in [5.74, 6) is -6.38. The molecule has 2 aromatic rings. The van der Waals surface area contributed by atoms with Gasteiger partial charge in [0.1, 0.15) is 35.4 Å². The average Bonchev–Trinajstić information content (AvgIpc) is 3.07. The third-order valence-electron chi connectivity index (χ3n) is 10.8. The Hall–Kier alpha value is -3.67. The van der Waals surface area contributed by atoms with Crippen LogP contribution in [0.3, 0.4) is 0 Å². The number of carbonyl (C=O) groups is 3. The number of aromatic hydroxyl groups is 3. The number of esters is 1. The molecular formula is C36H45NO14. The third-order valence-corrected chi connectivity index (χ3v) is 10.8. The monoisotopic (exact) mass is 715 g/mol. The molecular weight excluding hydrogens is 670 g/mol. The predicted molar refractivity (Wildman–Crippen MR) is 175 cm³/mol. The maximum absolute atomic E-state index is 13.9. The molecule has 1 unspecified atom stereocenters. The summed E-state index contributed by atoms with van der Waals surface area (Å²) in [4.78, 5) is 42.9. The van der Waals surface area contributed by atoms with Crippen LogP contribution in [0.2, 0.25) is 0 Å². The maximum atomic E-state index is 13.9. The lowest BCUT2D eigenvalue weighted by molar-refractivity contribution is -0.310. The van der Waals surface area contributed by atoms with Gasteiger partial charge in [0.25, 0.3) is 0 Å². The van der Waals surface area contributed by atoms with Crippen molar-refractivity contribution in [2.45, 2.75) is 113 Å². The Balaban J connectivity index is 1.40. The minimum atomic E-state index is -1.91. The van der Waals surface area contributed by atoms with Crippen LogP contribution in [-0.4, -0.2) is 129 Å². The number of likely N-dealkylation sites (N-methyl/N-ethyl adjacent to an activating group) is 1. The summed E-state index contributed by atoms with van der Waals surface area (Å²) in [6.07, 6.45) is -7.23. The van der Waals surface area contributed by atoms with E-state index >= 15 is 0 Å². The number of hydrogen-bond donors (Lipinski definition) is 6. The Morgan fingerprint density at radius 1 is 0.922 bits per heavy atom. The highest BCUT2D eigenvalue weighted by molar-refractivity contribution is 6.31. The molecule has 2 fully saturated rings. The number of benzene rings is 2. The van der Waals surface area contributed by atoms with Crippen LogP contribution in [0.1, 0.15) is 101 Å². The zero-order valence-corrected chi connectivity index (χ0v) is 29.2. The van der Waals surface area contributed by atoms with E-state index in [1.165, 1.54) is 18.2 Å². The van der Waals surface area contributed by atoms with E-state index < -0.39 is 107 Å². The van der Waals surface area contributed by atoms with Crippen LogP contribution in [0.5, 0.6) is 17.2 Å². The van der Waals surface area contributed by atoms with Crippen LogP contribution >= 0.6 is 0 Å². The second kappa shape index (κ2) is 13.7. The largest absolute Gasteiger partial charge is 0.507 e. The van der Waals surface area contributed by atoms with E-state index in [1.807, 2.05) is 19.0 Å². The van der Waals surface area contributed by atoms with Gasteiger partial charge in [-0.1, -0.05) is 19.1 Å². The van der Waals surface area contributed by atoms with Gasteiger partial charge in [0.15, 0.2) is 18.4 Å². The first-order valence-corrected chi connectivity index (χ1v) is 17.0. The van der Waals surface area contributed by atoms with E-state index in [9.17, 15) is 45.0 Å². The van der Waals surface area contributed by atoms with Gasteiger partial charge >= 0.3 is 5.97 Å².